The minimum atomic E-state index is 0.444. The Bertz CT molecular complexity index is 369. The fourth-order valence-electron chi connectivity index (χ4n) is 2.95. The first-order valence-corrected chi connectivity index (χ1v) is 8.38. The molecule has 0 saturated carbocycles. The normalized spacial score (nSPS) is 18.7. The van der Waals surface area contributed by atoms with E-state index in [1.807, 2.05) is 12.1 Å². The summed E-state index contributed by atoms with van der Waals surface area (Å²) in [5.41, 5.74) is 1.34. The van der Waals surface area contributed by atoms with Gasteiger partial charge in [-0.3, -0.25) is 0 Å². The molecule has 1 fully saturated rings. The van der Waals surface area contributed by atoms with Crippen LogP contribution in [-0.2, 0) is 0 Å². The van der Waals surface area contributed by atoms with Crippen LogP contribution in [0.4, 0.5) is 0 Å². The molecule has 20 heavy (non-hydrogen) atoms. The molecular formula is C17H27ClN2. The fraction of sp³-hybridized carbons (Fsp3) is 0.647. The maximum atomic E-state index is 5.95. The van der Waals surface area contributed by atoms with E-state index < -0.39 is 0 Å². The van der Waals surface area contributed by atoms with Crippen LogP contribution in [0.15, 0.2) is 24.3 Å². The molecule has 112 valence electrons. The number of nitrogens with one attached hydrogen (secondary N) is 1. The highest BCUT2D eigenvalue weighted by Crippen LogP contribution is 2.19. The van der Waals surface area contributed by atoms with Gasteiger partial charge in [-0.15, -0.1) is 0 Å². The lowest BCUT2D eigenvalue weighted by atomic mass is 10.0. The summed E-state index contributed by atoms with van der Waals surface area (Å²) in [6, 6.07) is 8.68. The topological polar surface area (TPSA) is 15.3 Å². The molecule has 1 unspecified atom stereocenters. The van der Waals surface area contributed by atoms with Crippen molar-refractivity contribution >= 4 is 11.6 Å². The van der Waals surface area contributed by atoms with Crippen molar-refractivity contribution in [3.63, 3.8) is 0 Å². The number of hydrogen-bond donors (Lipinski definition) is 1. The minimum absolute atomic E-state index is 0.444. The molecule has 1 aromatic carbocycles. The molecule has 0 radical (unpaired) electrons. The Kier molecular flexibility index (Phi) is 6.85. The zero-order valence-corrected chi connectivity index (χ0v) is 13.3. The van der Waals surface area contributed by atoms with Crippen LogP contribution in [0.25, 0.3) is 0 Å². The molecule has 1 aromatic rings. The van der Waals surface area contributed by atoms with Gasteiger partial charge in [0.25, 0.3) is 0 Å². The van der Waals surface area contributed by atoms with Crippen molar-refractivity contribution in [2.24, 2.45) is 0 Å². The van der Waals surface area contributed by atoms with Crippen LogP contribution >= 0.6 is 11.6 Å². The zero-order valence-electron chi connectivity index (χ0n) is 12.6. The van der Waals surface area contributed by atoms with Crippen molar-refractivity contribution in [1.82, 2.24) is 10.2 Å². The third-order valence-corrected chi connectivity index (χ3v) is 4.45. The summed E-state index contributed by atoms with van der Waals surface area (Å²) in [5, 5.41) is 4.50. The summed E-state index contributed by atoms with van der Waals surface area (Å²) < 4.78 is 0. The van der Waals surface area contributed by atoms with Gasteiger partial charge in [0, 0.05) is 24.2 Å². The van der Waals surface area contributed by atoms with Gasteiger partial charge in [0.15, 0.2) is 0 Å². The van der Waals surface area contributed by atoms with Crippen molar-refractivity contribution in [2.45, 2.75) is 45.1 Å². The van der Waals surface area contributed by atoms with Gasteiger partial charge in [-0.25, -0.2) is 0 Å². The van der Waals surface area contributed by atoms with Gasteiger partial charge in [0.2, 0.25) is 0 Å². The predicted octanol–water partition coefficient (Wildman–Crippen LogP) is 4.26. The maximum Gasteiger partial charge on any atom is 0.0406 e. The molecule has 0 aliphatic carbocycles. The molecule has 1 aliphatic rings. The van der Waals surface area contributed by atoms with Gasteiger partial charge in [0.1, 0.15) is 0 Å². The smallest absolute Gasteiger partial charge is 0.0406 e. The van der Waals surface area contributed by atoms with Crippen LogP contribution in [0, 0.1) is 0 Å². The van der Waals surface area contributed by atoms with E-state index in [9.17, 15) is 0 Å². The van der Waals surface area contributed by atoms with Gasteiger partial charge in [0.05, 0.1) is 0 Å². The average Bonchev–Trinajstić information content (AvgIpc) is 2.74. The van der Waals surface area contributed by atoms with Crippen LogP contribution in [-0.4, -0.2) is 31.1 Å². The molecule has 1 saturated heterocycles. The second-order valence-electron chi connectivity index (χ2n) is 5.72. The molecule has 3 heteroatoms. The fourth-order valence-corrected chi connectivity index (χ4v) is 3.08. The van der Waals surface area contributed by atoms with Crippen LogP contribution in [0.5, 0.6) is 0 Å². The first-order chi connectivity index (χ1) is 9.79. The first-order valence-electron chi connectivity index (χ1n) is 8.01. The predicted molar refractivity (Wildman–Crippen MR) is 87.4 cm³/mol. The standard InChI is InChI=1S/C17H27ClN2/c1-2-17(15-7-9-16(18)10-8-15)19-11-14-20-12-5-3-4-6-13-20/h7-10,17,19H,2-6,11-14H2,1H3. The van der Waals surface area contributed by atoms with Crippen LogP contribution < -0.4 is 5.32 Å². The summed E-state index contributed by atoms with van der Waals surface area (Å²) in [6.07, 6.45) is 6.67. The third-order valence-electron chi connectivity index (χ3n) is 4.20. The lowest BCUT2D eigenvalue weighted by Gasteiger charge is -2.23. The van der Waals surface area contributed by atoms with E-state index in [0.717, 1.165) is 18.0 Å². The molecule has 0 bridgehead atoms. The first kappa shape index (κ1) is 15.8. The van der Waals surface area contributed by atoms with Crippen LogP contribution in [0.3, 0.4) is 0 Å². The number of rotatable bonds is 6. The third kappa shape index (κ3) is 5.08. The Hall–Kier alpha value is -0.570. The molecule has 0 spiro atoms. The van der Waals surface area contributed by atoms with Crippen molar-refractivity contribution < 1.29 is 0 Å². The Morgan fingerprint density at radius 3 is 2.35 bits per heavy atom. The van der Waals surface area contributed by atoms with Crippen molar-refractivity contribution in [3.05, 3.63) is 34.9 Å². The molecular weight excluding hydrogens is 268 g/mol. The number of likely N-dealkylation sites (tertiary alicyclic amines) is 1. The summed E-state index contributed by atoms with van der Waals surface area (Å²) in [7, 11) is 0. The van der Waals surface area contributed by atoms with Crippen molar-refractivity contribution in [3.8, 4) is 0 Å². The molecule has 1 atom stereocenters. The monoisotopic (exact) mass is 294 g/mol. The second-order valence-corrected chi connectivity index (χ2v) is 6.16. The highest BCUT2D eigenvalue weighted by atomic mass is 35.5. The van der Waals surface area contributed by atoms with Crippen molar-refractivity contribution in [1.29, 1.82) is 0 Å². The maximum absolute atomic E-state index is 5.95. The van der Waals surface area contributed by atoms with E-state index in [0.29, 0.717) is 6.04 Å². The number of hydrogen-bond acceptors (Lipinski definition) is 2. The van der Waals surface area contributed by atoms with Gasteiger partial charge in [-0.1, -0.05) is 43.5 Å². The summed E-state index contributed by atoms with van der Waals surface area (Å²) in [4.78, 5) is 2.61. The van der Waals surface area contributed by atoms with Gasteiger partial charge in [-0.2, -0.15) is 0 Å². The molecule has 0 aromatic heterocycles. The molecule has 2 nitrogen and oxygen atoms in total. The number of nitrogens with zero attached hydrogens (tertiary/aromatic N) is 1. The van der Waals surface area contributed by atoms with E-state index in [2.05, 4.69) is 29.3 Å². The zero-order chi connectivity index (χ0) is 14.2. The Labute approximate surface area is 128 Å². The molecule has 1 N–H and O–H groups in total. The average molecular weight is 295 g/mol. The van der Waals surface area contributed by atoms with E-state index in [1.165, 1.54) is 50.9 Å². The highest BCUT2D eigenvalue weighted by molar-refractivity contribution is 6.30. The summed E-state index contributed by atoms with van der Waals surface area (Å²) in [6.45, 7) is 7.03. The van der Waals surface area contributed by atoms with Gasteiger partial charge in [-0.05, 0) is 50.0 Å². The summed E-state index contributed by atoms with van der Waals surface area (Å²) >= 11 is 5.95. The van der Waals surface area contributed by atoms with Gasteiger partial charge >= 0.3 is 0 Å². The largest absolute Gasteiger partial charge is 0.309 e. The van der Waals surface area contributed by atoms with Gasteiger partial charge < -0.3 is 10.2 Å². The summed E-state index contributed by atoms with van der Waals surface area (Å²) in [5.74, 6) is 0. The van der Waals surface area contributed by atoms with Crippen molar-refractivity contribution in [2.75, 3.05) is 26.2 Å². The van der Waals surface area contributed by atoms with E-state index in [1.54, 1.807) is 0 Å². The molecule has 0 amide bonds. The molecule has 2 rings (SSSR count). The van der Waals surface area contributed by atoms with E-state index in [-0.39, 0.29) is 0 Å². The second kappa shape index (κ2) is 8.66. The minimum Gasteiger partial charge on any atom is -0.309 e. The number of halogens is 1. The molecule has 1 aliphatic heterocycles. The molecule has 1 heterocycles. The highest BCUT2D eigenvalue weighted by Gasteiger charge is 2.11. The Balaban J connectivity index is 1.77. The van der Waals surface area contributed by atoms with Crippen LogP contribution in [0.1, 0.15) is 50.6 Å². The Morgan fingerprint density at radius 2 is 1.75 bits per heavy atom. The lowest BCUT2D eigenvalue weighted by Crippen LogP contribution is -2.34. The van der Waals surface area contributed by atoms with E-state index >= 15 is 0 Å². The van der Waals surface area contributed by atoms with E-state index in [4.69, 9.17) is 11.6 Å². The SMILES string of the molecule is CCC(NCCN1CCCCCC1)c1ccc(Cl)cc1. The quantitative estimate of drug-likeness (QED) is 0.843. The lowest BCUT2D eigenvalue weighted by molar-refractivity contribution is 0.278. The van der Waals surface area contributed by atoms with Crippen LogP contribution in [0.2, 0.25) is 5.02 Å². The number of benzene rings is 1. The Morgan fingerprint density at radius 1 is 1.10 bits per heavy atom.